The van der Waals surface area contributed by atoms with E-state index in [1.165, 1.54) is 37.3 Å². The number of carbonyl (C=O) groups excluding carboxylic acids is 2. The van der Waals surface area contributed by atoms with E-state index in [4.69, 9.17) is 37.4 Å². The minimum atomic E-state index is -4.13. The number of carbonyl (C=O) groups is 2. The van der Waals surface area contributed by atoms with E-state index >= 15 is 0 Å². The lowest BCUT2D eigenvalue weighted by Gasteiger charge is -2.27. The summed E-state index contributed by atoms with van der Waals surface area (Å²) >= 11 is 12.5. The number of esters is 1. The molecular weight excluding hydrogens is 591 g/mol. The van der Waals surface area contributed by atoms with E-state index in [0.29, 0.717) is 34.1 Å². The van der Waals surface area contributed by atoms with E-state index in [1.807, 2.05) is 0 Å². The highest BCUT2D eigenvalue weighted by Gasteiger charge is 2.41. The molecule has 1 aliphatic rings. The molecule has 0 spiro atoms. The molecule has 2 aromatic rings. The van der Waals surface area contributed by atoms with Crippen molar-refractivity contribution in [3.63, 3.8) is 0 Å². The molecule has 0 bridgehead atoms. The second-order valence-corrected chi connectivity index (χ2v) is 12.6. The third kappa shape index (κ3) is 7.43. The Morgan fingerprint density at radius 2 is 1.78 bits per heavy atom. The molecule has 1 amide bonds. The van der Waals surface area contributed by atoms with Crippen LogP contribution in [0.3, 0.4) is 0 Å². The first-order chi connectivity index (χ1) is 19.3. The standard InChI is InChI=1S/C29H34Cl2N2O7S/c1-18(30)23(19(2)31)17-26(20-12-13-25(38-5)27(16-20)39-6)40-29(35)24-11-8-14-33(24)41(36,37)22-10-7-9-21(15-22)28(34)32(3)4/h7,9-10,12-13,15-16,24,26H,1,8,11,14,17H2,2-6H3/b23-19+/t24-,26-/m0/s1. The van der Waals surface area contributed by atoms with Gasteiger partial charge in [0.2, 0.25) is 10.0 Å². The monoisotopic (exact) mass is 624 g/mol. The molecule has 1 fully saturated rings. The zero-order chi connectivity index (χ0) is 30.5. The van der Waals surface area contributed by atoms with Gasteiger partial charge in [0.15, 0.2) is 11.5 Å². The van der Waals surface area contributed by atoms with Gasteiger partial charge in [0, 0.05) is 42.7 Å². The number of allylic oxidation sites excluding steroid dienone is 2. The number of halogens is 2. The predicted octanol–water partition coefficient (Wildman–Crippen LogP) is 5.50. The second kappa shape index (κ2) is 13.7. The average molecular weight is 626 g/mol. The number of rotatable bonds is 11. The van der Waals surface area contributed by atoms with Gasteiger partial charge in [-0.3, -0.25) is 9.59 Å². The molecule has 41 heavy (non-hydrogen) atoms. The zero-order valence-corrected chi connectivity index (χ0v) is 26.0. The summed E-state index contributed by atoms with van der Waals surface area (Å²) in [7, 11) is 2.03. The number of methoxy groups -OCH3 is 2. The fourth-order valence-corrected chi connectivity index (χ4v) is 6.72. The maximum atomic E-state index is 13.7. The summed E-state index contributed by atoms with van der Waals surface area (Å²) in [6.45, 7) is 5.55. The minimum Gasteiger partial charge on any atom is -0.493 e. The Bertz CT molecular complexity index is 1450. The molecule has 1 heterocycles. The van der Waals surface area contributed by atoms with E-state index in [9.17, 15) is 18.0 Å². The van der Waals surface area contributed by atoms with Crippen LogP contribution in [0.1, 0.15) is 48.2 Å². The van der Waals surface area contributed by atoms with Gasteiger partial charge < -0.3 is 19.1 Å². The van der Waals surface area contributed by atoms with Crippen molar-refractivity contribution < 1.29 is 32.2 Å². The van der Waals surface area contributed by atoms with Crippen molar-refractivity contribution in [2.45, 2.75) is 43.2 Å². The number of ether oxygens (including phenoxy) is 3. The number of sulfonamides is 1. The normalized spacial score (nSPS) is 16.9. The van der Waals surface area contributed by atoms with Crippen molar-refractivity contribution in [3.05, 3.63) is 75.8 Å². The van der Waals surface area contributed by atoms with Crippen LogP contribution >= 0.6 is 23.2 Å². The molecule has 9 nitrogen and oxygen atoms in total. The highest BCUT2D eigenvalue weighted by atomic mass is 35.5. The van der Waals surface area contributed by atoms with Crippen molar-refractivity contribution in [2.75, 3.05) is 34.9 Å². The van der Waals surface area contributed by atoms with Crippen LogP contribution in [0.25, 0.3) is 0 Å². The Morgan fingerprint density at radius 1 is 1.10 bits per heavy atom. The Balaban J connectivity index is 1.96. The van der Waals surface area contributed by atoms with Gasteiger partial charge >= 0.3 is 5.97 Å². The van der Waals surface area contributed by atoms with E-state index in [-0.39, 0.29) is 40.8 Å². The maximum Gasteiger partial charge on any atom is 0.325 e. The Morgan fingerprint density at radius 3 is 2.37 bits per heavy atom. The van der Waals surface area contributed by atoms with Gasteiger partial charge in [0.25, 0.3) is 5.91 Å². The van der Waals surface area contributed by atoms with E-state index in [2.05, 4.69) is 6.58 Å². The molecule has 12 heteroatoms. The van der Waals surface area contributed by atoms with Gasteiger partial charge in [-0.25, -0.2) is 8.42 Å². The lowest BCUT2D eigenvalue weighted by Crippen LogP contribution is -2.41. The highest BCUT2D eigenvalue weighted by Crippen LogP contribution is 2.38. The highest BCUT2D eigenvalue weighted by molar-refractivity contribution is 7.89. The van der Waals surface area contributed by atoms with Crippen molar-refractivity contribution >= 4 is 45.1 Å². The molecule has 0 aliphatic carbocycles. The molecule has 3 rings (SSSR count). The molecule has 0 aromatic heterocycles. The Labute approximate surface area is 251 Å². The number of hydrogen-bond acceptors (Lipinski definition) is 7. The van der Waals surface area contributed by atoms with Crippen LogP contribution in [0, 0.1) is 0 Å². The van der Waals surface area contributed by atoms with E-state index in [0.717, 1.165) is 4.31 Å². The summed E-state index contributed by atoms with van der Waals surface area (Å²) in [5.74, 6) is -0.161. The Kier molecular flexibility index (Phi) is 10.9. The van der Waals surface area contributed by atoms with Crippen molar-refractivity contribution in [1.82, 2.24) is 9.21 Å². The molecular formula is C29H34Cl2N2O7S. The largest absolute Gasteiger partial charge is 0.493 e. The van der Waals surface area contributed by atoms with Crippen LogP contribution < -0.4 is 9.47 Å². The molecule has 0 unspecified atom stereocenters. The number of hydrogen-bond donors (Lipinski definition) is 0. The first-order valence-electron chi connectivity index (χ1n) is 12.8. The maximum absolute atomic E-state index is 13.7. The molecule has 0 N–H and O–H groups in total. The molecule has 2 aromatic carbocycles. The molecule has 2 atom stereocenters. The summed E-state index contributed by atoms with van der Waals surface area (Å²) < 4.78 is 45.2. The van der Waals surface area contributed by atoms with Gasteiger partial charge in [-0.1, -0.05) is 41.9 Å². The lowest BCUT2D eigenvalue weighted by molar-refractivity contribution is -0.153. The fraction of sp³-hybridized carbons (Fsp3) is 0.379. The molecule has 1 aliphatic heterocycles. The van der Waals surface area contributed by atoms with Gasteiger partial charge in [-0.05, 0) is 61.2 Å². The van der Waals surface area contributed by atoms with Gasteiger partial charge in [0.1, 0.15) is 12.1 Å². The summed E-state index contributed by atoms with van der Waals surface area (Å²) in [5.41, 5.74) is 1.27. The van der Waals surface area contributed by atoms with Crippen LogP contribution in [-0.2, 0) is 19.6 Å². The summed E-state index contributed by atoms with van der Waals surface area (Å²) in [4.78, 5) is 27.3. The summed E-state index contributed by atoms with van der Waals surface area (Å²) in [6.07, 6.45) is -0.0759. The first kappa shape index (κ1) is 32.5. The zero-order valence-electron chi connectivity index (χ0n) is 23.6. The second-order valence-electron chi connectivity index (χ2n) is 9.66. The lowest BCUT2D eigenvalue weighted by atomic mass is 10.00. The smallest absolute Gasteiger partial charge is 0.325 e. The third-order valence-electron chi connectivity index (χ3n) is 6.74. The Hall–Kier alpha value is -3.05. The number of benzene rings is 2. The minimum absolute atomic E-state index is 0.0808. The summed E-state index contributed by atoms with van der Waals surface area (Å²) in [5, 5.41) is 0.569. The van der Waals surface area contributed by atoms with E-state index in [1.54, 1.807) is 45.3 Å². The number of amides is 1. The van der Waals surface area contributed by atoms with Gasteiger partial charge in [-0.2, -0.15) is 4.31 Å². The fourth-order valence-electron chi connectivity index (χ4n) is 4.57. The molecule has 222 valence electrons. The average Bonchev–Trinajstić information content (AvgIpc) is 3.45. The predicted molar refractivity (Wildman–Crippen MR) is 158 cm³/mol. The number of nitrogens with zero attached hydrogens (tertiary/aromatic N) is 2. The van der Waals surface area contributed by atoms with Gasteiger partial charge in [-0.15, -0.1) is 0 Å². The summed E-state index contributed by atoms with van der Waals surface area (Å²) in [6, 6.07) is 9.76. The first-order valence-corrected chi connectivity index (χ1v) is 15.0. The van der Waals surface area contributed by atoms with E-state index < -0.39 is 28.1 Å². The van der Waals surface area contributed by atoms with Crippen LogP contribution in [0.5, 0.6) is 11.5 Å². The molecule has 0 radical (unpaired) electrons. The molecule has 1 saturated heterocycles. The van der Waals surface area contributed by atoms with Crippen molar-refractivity contribution in [3.8, 4) is 11.5 Å². The SMILES string of the molecule is C=C(Cl)/C(C[C@H](OC(=O)[C@@H]1CCCN1S(=O)(=O)c1cccc(C(=O)N(C)C)c1)c1ccc(OC)c(OC)c1)=C(\C)Cl. The van der Waals surface area contributed by atoms with Crippen LogP contribution in [0.4, 0.5) is 0 Å². The quantitative estimate of drug-likeness (QED) is 0.240. The van der Waals surface area contributed by atoms with Crippen LogP contribution in [0.15, 0.2) is 69.6 Å². The molecule has 0 saturated carbocycles. The van der Waals surface area contributed by atoms with Crippen LogP contribution in [0.2, 0.25) is 0 Å². The topological polar surface area (TPSA) is 102 Å². The third-order valence-corrected chi connectivity index (χ3v) is 9.10. The van der Waals surface area contributed by atoms with Crippen LogP contribution in [-0.4, -0.2) is 70.4 Å². The van der Waals surface area contributed by atoms with Crippen molar-refractivity contribution in [1.29, 1.82) is 0 Å². The van der Waals surface area contributed by atoms with Gasteiger partial charge in [0.05, 0.1) is 19.1 Å². The van der Waals surface area contributed by atoms with Crippen molar-refractivity contribution in [2.24, 2.45) is 0 Å².